The van der Waals surface area contributed by atoms with Crippen molar-refractivity contribution in [2.45, 2.75) is 6.43 Å². The minimum atomic E-state index is -2.93. The minimum Gasteiger partial charge on any atom is -0.505 e. The predicted molar refractivity (Wildman–Crippen MR) is 39.4 cm³/mol. The molecule has 1 aromatic heterocycles. The number of amides is 1. The Morgan fingerprint density at radius 2 is 2.23 bits per heavy atom. The van der Waals surface area contributed by atoms with Crippen LogP contribution in [0.15, 0.2) is 12.3 Å². The van der Waals surface area contributed by atoms with Gasteiger partial charge in [-0.05, 0) is 6.07 Å². The molecule has 13 heavy (non-hydrogen) atoms. The number of hydrogen-bond donors (Lipinski definition) is 2. The summed E-state index contributed by atoms with van der Waals surface area (Å²) in [5, 5.41) is 9.09. The van der Waals surface area contributed by atoms with Crippen LogP contribution in [-0.4, -0.2) is 16.0 Å². The van der Waals surface area contributed by atoms with Crippen molar-refractivity contribution >= 4 is 5.91 Å². The SMILES string of the molecule is NC(=O)c1ccnc(C(F)F)c1O. The van der Waals surface area contributed by atoms with Gasteiger partial charge in [0, 0.05) is 6.20 Å². The number of nitrogens with zero attached hydrogens (tertiary/aromatic N) is 1. The lowest BCUT2D eigenvalue weighted by molar-refractivity contribution is 0.0995. The van der Waals surface area contributed by atoms with Crippen LogP contribution in [0.4, 0.5) is 8.78 Å². The van der Waals surface area contributed by atoms with Crippen LogP contribution in [0.1, 0.15) is 22.5 Å². The van der Waals surface area contributed by atoms with E-state index in [1.807, 2.05) is 0 Å². The number of aromatic nitrogens is 1. The molecule has 0 saturated carbocycles. The number of rotatable bonds is 2. The summed E-state index contributed by atoms with van der Waals surface area (Å²) in [5.74, 6) is -1.83. The van der Waals surface area contributed by atoms with Crippen LogP contribution in [0.2, 0.25) is 0 Å². The van der Waals surface area contributed by atoms with Crippen LogP contribution >= 0.6 is 0 Å². The van der Waals surface area contributed by atoms with Crippen molar-refractivity contribution in [3.05, 3.63) is 23.5 Å². The largest absolute Gasteiger partial charge is 0.505 e. The lowest BCUT2D eigenvalue weighted by atomic mass is 10.2. The highest BCUT2D eigenvalue weighted by molar-refractivity contribution is 5.95. The molecule has 0 aliphatic rings. The van der Waals surface area contributed by atoms with Crippen molar-refractivity contribution in [1.82, 2.24) is 4.98 Å². The number of carbonyl (C=O) groups is 1. The number of aromatic hydroxyl groups is 1. The topological polar surface area (TPSA) is 76.2 Å². The maximum Gasteiger partial charge on any atom is 0.284 e. The Balaban J connectivity index is 3.26. The molecule has 0 aromatic carbocycles. The average molecular weight is 188 g/mol. The Labute approximate surface area is 72.0 Å². The van der Waals surface area contributed by atoms with Crippen molar-refractivity contribution < 1.29 is 18.7 Å². The minimum absolute atomic E-state index is 0.356. The molecule has 0 unspecified atom stereocenters. The molecule has 0 atom stereocenters. The van der Waals surface area contributed by atoms with Gasteiger partial charge in [-0.1, -0.05) is 0 Å². The summed E-state index contributed by atoms with van der Waals surface area (Å²) in [4.78, 5) is 13.8. The van der Waals surface area contributed by atoms with Crippen LogP contribution in [-0.2, 0) is 0 Å². The van der Waals surface area contributed by atoms with Gasteiger partial charge >= 0.3 is 0 Å². The highest BCUT2D eigenvalue weighted by atomic mass is 19.3. The molecule has 6 heteroatoms. The molecule has 1 heterocycles. The molecule has 0 bridgehead atoms. The number of hydrogen-bond acceptors (Lipinski definition) is 3. The van der Waals surface area contributed by atoms with Gasteiger partial charge in [0.15, 0.2) is 5.75 Å². The number of halogens is 2. The fourth-order valence-corrected chi connectivity index (χ4v) is 0.829. The quantitative estimate of drug-likeness (QED) is 0.721. The van der Waals surface area contributed by atoms with Crippen molar-refractivity contribution in [3.63, 3.8) is 0 Å². The molecule has 0 fully saturated rings. The number of carbonyl (C=O) groups excluding carboxylic acids is 1. The first-order valence-corrected chi connectivity index (χ1v) is 3.30. The van der Waals surface area contributed by atoms with E-state index in [4.69, 9.17) is 10.8 Å². The maximum absolute atomic E-state index is 12.1. The van der Waals surface area contributed by atoms with E-state index < -0.39 is 23.8 Å². The molecule has 1 amide bonds. The number of primary amides is 1. The molecular weight excluding hydrogens is 182 g/mol. The summed E-state index contributed by atoms with van der Waals surface area (Å²) >= 11 is 0. The van der Waals surface area contributed by atoms with E-state index in [-0.39, 0.29) is 5.56 Å². The molecule has 0 spiro atoms. The van der Waals surface area contributed by atoms with Gasteiger partial charge < -0.3 is 10.8 Å². The van der Waals surface area contributed by atoms with Gasteiger partial charge in [-0.15, -0.1) is 0 Å². The maximum atomic E-state index is 12.1. The lowest BCUT2D eigenvalue weighted by Gasteiger charge is -2.04. The van der Waals surface area contributed by atoms with E-state index in [0.29, 0.717) is 0 Å². The van der Waals surface area contributed by atoms with Crippen molar-refractivity contribution in [1.29, 1.82) is 0 Å². The smallest absolute Gasteiger partial charge is 0.284 e. The molecule has 0 aliphatic heterocycles. The van der Waals surface area contributed by atoms with E-state index in [9.17, 15) is 13.6 Å². The highest BCUT2D eigenvalue weighted by Gasteiger charge is 2.19. The summed E-state index contributed by atoms with van der Waals surface area (Å²) < 4.78 is 24.2. The molecule has 1 aromatic rings. The van der Waals surface area contributed by atoms with E-state index >= 15 is 0 Å². The molecule has 4 nitrogen and oxygen atoms in total. The zero-order chi connectivity index (χ0) is 10.0. The second-order valence-corrected chi connectivity index (χ2v) is 2.26. The van der Waals surface area contributed by atoms with Gasteiger partial charge in [-0.3, -0.25) is 9.78 Å². The Morgan fingerprint density at radius 1 is 1.62 bits per heavy atom. The van der Waals surface area contributed by atoms with Gasteiger partial charge in [0.2, 0.25) is 0 Å². The van der Waals surface area contributed by atoms with E-state index in [1.165, 1.54) is 0 Å². The Bertz CT molecular complexity index is 341. The first-order chi connectivity index (χ1) is 6.04. The Morgan fingerprint density at radius 3 is 2.69 bits per heavy atom. The van der Waals surface area contributed by atoms with Gasteiger partial charge in [-0.2, -0.15) is 0 Å². The molecule has 70 valence electrons. The van der Waals surface area contributed by atoms with Gasteiger partial charge in [0.1, 0.15) is 5.69 Å². The first-order valence-electron chi connectivity index (χ1n) is 3.30. The van der Waals surface area contributed by atoms with Crippen LogP contribution < -0.4 is 5.73 Å². The molecule has 0 aliphatic carbocycles. The van der Waals surface area contributed by atoms with Crippen LogP contribution in [0.5, 0.6) is 5.75 Å². The van der Waals surface area contributed by atoms with Crippen LogP contribution in [0.3, 0.4) is 0 Å². The standard InChI is InChI=1S/C7H6F2N2O2/c8-6(9)4-5(12)3(7(10)13)1-2-11-4/h1-2,6,12H,(H2,10,13). The third kappa shape index (κ3) is 1.71. The third-order valence-corrected chi connectivity index (χ3v) is 1.42. The second kappa shape index (κ2) is 3.34. The summed E-state index contributed by atoms with van der Waals surface area (Å²) in [6.07, 6.45) is -1.94. The van der Waals surface area contributed by atoms with E-state index in [1.54, 1.807) is 0 Å². The summed E-state index contributed by atoms with van der Waals surface area (Å²) in [5.41, 5.74) is 3.62. The van der Waals surface area contributed by atoms with E-state index in [2.05, 4.69) is 4.98 Å². The van der Waals surface area contributed by atoms with Crippen LogP contribution in [0, 0.1) is 0 Å². The Hall–Kier alpha value is -1.72. The molecule has 0 saturated heterocycles. The zero-order valence-electron chi connectivity index (χ0n) is 6.37. The molecular formula is C7H6F2N2O2. The fourth-order valence-electron chi connectivity index (χ4n) is 0.829. The normalized spacial score (nSPS) is 10.4. The van der Waals surface area contributed by atoms with Gasteiger partial charge in [-0.25, -0.2) is 8.78 Å². The Kier molecular flexibility index (Phi) is 2.41. The third-order valence-electron chi connectivity index (χ3n) is 1.42. The van der Waals surface area contributed by atoms with Crippen molar-refractivity contribution in [3.8, 4) is 5.75 Å². The zero-order valence-corrected chi connectivity index (χ0v) is 6.37. The molecule has 0 radical (unpaired) electrons. The van der Waals surface area contributed by atoms with E-state index in [0.717, 1.165) is 12.3 Å². The van der Waals surface area contributed by atoms with Gasteiger partial charge in [0.25, 0.3) is 12.3 Å². The van der Waals surface area contributed by atoms with Crippen LogP contribution in [0.25, 0.3) is 0 Å². The predicted octanol–water partition coefficient (Wildman–Crippen LogP) is 0.824. The molecule has 3 N–H and O–H groups in total. The lowest BCUT2D eigenvalue weighted by Crippen LogP contribution is -2.12. The van der Waals surface area contributed by atoms with Crippen molar-refractivity contribution in [2.75, 3.05) is 0 Å². The number of nitrogens with two attached hydrogens (primary N) is 1. The average Bonchev–Trinajstić information content (AvgIpc) is 2.03. The van der Waals surface area contributed by atoms with Gasteiger partial charge in [0.05, 0.1) is 5.56 Å². The monoisotopic (exact) mass is 188 g/mol. The van der Waals surface area contributed by atoms with Crippen molar-refractivity contribution in [2.24, 2.45) is 5.73 Å². The summed E-state index contributed by atoms with van der Waals surface area (Å²) in [6, 6.07) is 1.07. The summed E-state index contributed by atoms with van der Waals surface area (Å²) in [7, 11) is 0. The number of pyridine rings is 1. The molecule has 1 rings (SSSR count). The summed E-state index contributed by atoms with van der Waals surface area (Å²) in [6.45, 7) is 0. The number of alkyl halides is 2. The second-order valence-electron chi connectivity index (χ2n) is 2.26. The fraction of sp³-hybridized carbons (Fsp3) is 0.143. The first kappa shape index (κ1) is 9.37. The highest BCUT2D eigenvalue weighted by Crippen LogP contribution is 2.28.